The second-order valence-corrected chi connectivity index (χ2v) is 12.6. The first-order chi connectivity index (χ1) is 15.6. The number of nitrogens with zero attached hydrogens (tertiary/aromatic N) is 4. The van der Waals surface area contributed by atoms with Crippen LogP contribution in [0.1, 0.15) is 31.7 Å². The third kappa shape index (κ3) is 5.40. The maximum atomic E-state index is 13.7. The number of nitrogen functional groups attached to an aromatic ring is 1. The number of aromatic nitrogens is 4. The zero-order chi connectivity index (χ0) is 25.1. The van der Waals surface area contributed by atoms with Crippen LogP contribution in [0.4, 0.5) is 10.2 Å². The van der Waals surface area contributed by atoms with Crippen LogP contribution in [-0.2, 0) is 26.8 Å². The van der Waals surface area contributed by atoms with E-state index in [4.69, 9.17) is 20.0 Å². The van der Waals surface area contributed by atoms with Gasteiger partial charge in [0.1, 0.15) is 5.52 Å². The van der Waals surface area contributed by atoms with E-state index in [0.717, 1.165) is 0 Å². The molecule has 2 unspecified atom stereocenters. The normalized spacial score (nSPS) is 29.2. The van der Waals surface area contributed by atoms with Crippen molar-refractivity contribution in [3.8, 4) is 0 Å². The van der Waals surface area contributed by atoms with E-state index in [1.807, 2.05) is 0 Å². The van der Waals surface area contributed by atoms with Crippen molar-refractivity contribution in [2.45, 2.75) is 37.8 Å². The van der Waals surface area contributed by atoms with Crippen molar-refractivity contribution in [2.24, 2.45) is 11.3 Å². The summed E-state index contributed by atoms with van der Waals surface area (Å²) in [4.78, 5) is 47.6. The molecule has 0 saturated heterocycles. The van der Waals surface area contributed by atoms with E-state index >= 15 is 0 Å². The van der Waals surface area contributed by atoms with Crippen LogP contribution < -0.4 is 5.73 Å². The summed E-state index contributed by atoms with van der Waals surface area (Å²) in [6, 6.07) is -0.487. The van der Waals surface area contributed by atoms with Crippen LogP contribution in [0, 0.1) is 17.4 Å². The quantitative estimate of drug-likeness (QED) is 0.189. The lowest BCUT2D eigenvalue weighted by Crippen LogP contribution is -2.37. The van der Waals surface area contributed by atoms with Crippen LogP contribution in [0.15, 0.2) is 6.33 Å². The van der Waals surface area contributed by atoms with E-state index in [2.05, 4.69) is 23.6 Å². The maximum absolute atomic E-state index is 13.7. The maximum Gasteiger partial charge on any atom is 0.490 e. The largest absolute Gasteiger partial charge is 0.490 e. The number of phosphoric acid groups is 3. The van der Waals surface area contributed by atoms with Gasteiger partial charge in [-0.25, -0.2) is 18.7 Å². The van der Waals surface area contributed by atoms with Crippen molar-refractivity contribution in [1.82, 2.24) is 19.5 Å². The molecule has 0 amide bonds. The zero-order valence-electron chi connectivity index (χ0n) is 17.1. The number of aliphatic hydroxyl groups is 1. The molecule has 34 heavy (non-hydrogen) atoms. The molecule has 2 aromatic heterocycles. The van der Waals surface area contributed by atoms with Crippen LogP contribution in [0.5, 0.6) is 0 Å². The highest BCUT2D eigenvalue weighted by atomic mass is 31.3. The molecule has 2 fully saturated rings. The Morgan fingerprint density at radius 1 is 1.15 bits per heavy atom. The molecule has 0 radical (unpaired) electrons. The summed E-state index contributed by atoms with van der Waals surface area (Å²) in [5.74, 6) is -0.299. The van der Waals surface area contributed by atoms with Crippen LogP contribution >= 0.6 is 23.5 Å². The Morgan fingerprint density at radius 3 is 2.44 bits per heavy atom. The number of nitrogens with two attached hydrogens (primary N) is 1. The standard InChI is InChI=1S/C14H21FN5O11P3/c15-13-18-11(16)10-12(19-13)20(6-17-10)8-3-9(21)14(4-8,7-1-2-7)5-29-33(25,26)31-34(27,28)30-32(22,23)24/h6-9,21H,1-5H2,(H,25,26)(H,27,28)(H2,16,18,19)(H2,22,23,24)/t8-,9-,14+/m0/s1. The van der Waals surface area contributed by atoms with E-state index in [-0.39, 0.29) is 35.7 Å². The van der Waals surface area contributed by atoms with Crippen LogP contribution in [0.3, 0.4) is 0 Å². The van der Waals surface area contributed by atoms with Gasteiger partial charge in [0.05, 0.1) is 19.0 Å². The van der Waals surface area contributed by atoms with Gasteiger partial charge >= 0.3 is 29.5 Å². The minimum atomic E-state index is -5.67. The molecule has 4 rings (SSSR count). The Bertz CT molecular complexity index is 1250. The molecule has 16 nitrogen and oxygen atoms in total. The number of aliphatic hydroxyl groups excluding tert-OH is 1. The molecular weight excluding hydrogens is 526 g/mol. The van der Waals surface area contributed by atoms with Crippen molar-refractivity contribution in [2.75, 3.05) is 12.3 Å². The highest BCUT2D eigenvalue weighted by molar-refractivity contribution is 7.66. The molecule has 0 bridgehead atoms. The number of anilines is 1. The van der Waals surface area contributed by atoms with E-state index in [1.165, 1.54) is 10.9 Å². The number of halogens is 1. The molecule has 0 aromatic carbocycles. The van der Waals surface area contributed by atoms with Gasteiger partial charge in [-0.2, -0.15) is 23.0 Å². The Balaban J connectivity index is 1.54. The summed E-state index contributed by atoms with van der Waals surface area (Å²) < 4.78 is 62.1. The predicted octanol–water partition coefficient (Wildman–Crippen LogP) is 0.983. The fraction of sp³-hybridized carbons (Fsp3) is 0.643. The number of imidazole rings is 1. The summed E-state index contributed by atoms with van der Waals surface area (Å²) in [5, 5.41) is 10.9. The molecule has 190 valence electrons. The third-order valence-corrected chi connectivity index (χ3v) is 9.67. The smallest absolute Gasteiger partial charge is 0.392 e. The lowest BCUT2D eigenvalue weighted by atomic mass is 9.79. The van der Waals surface area contributed by atoms with E-state index in [1.54, 1.807) is 0 Å². The van der Waals surface area contributed by atoms with Crippen LogP contribution in [-0.4, -0.2) is 56.9 Å². The summed E-state index contributed by atoms with van der Waals surface area (Å²) in [6.45, 7) is -0.600. The molecule has 2 aliphatic rings. The zero-order valence-corrected chi connectivity index (χ0v) is 19.8. The van der Waals surface area contributed by atoms with Gasteiger partial charge in [-0.05, 0) is 31.6 Å². The van der Waals surface area contributed by atoms with Gasteiger partial charge in [-0.3, -0.25) is 4.52 Å². The lowest BCUT2D eigenvalue weighted by Gasteiger charge is -2.33. The van der Waals surface area contributed by atoms with Gasteiger partial charge in [-0.15, -0.1) is 0 Å². The number of hydrogen-bond acceptors (Lipinski definition) is 11. The second kappa shape index (κ2) is 8.64. The third-order valence-electron chi connectivity index (χ3n) is 5.89. The first-order valence-electron chi connectivity index (χ1n) is 9.73. The molecule has 2 saturated carbocycles. The summed E-state index contributed by atoms with van der Waals surface area (Å²) in [7, 11) is -16.6. The molecule has 2 aromatic rings. The van der Waals surface area contributed by atoms with E-state index in [0.29, 0.717) is 12.8 Å². The topological polar surface area (TPSA) is 250 Å². The van der Waals surface area contributed by atoms with Gasteiger partial charge in [0, 0.05) is 11.5 Å². The summed E-state index contributed by atoms with van der Waals surface area (Å²) in [5.41, 5.74) is 4.85. The van der Waals surface area contributed by atoms with Gasteiger partial charge in [-0.1, -0.05) is 0 Å². The highest BCUT2D eigenvalue weighted by Crippen LogP contribution is 2.67. The van der Waals surface area contributed by atoms with Crippen molar-refractivity contribution in [3.63, 3.8) is 0 Å². The highest BCUT2D eigenvalue weighted by Gasteiger charge is 2.57. The van der Waals surface area contributed by atoms with Crippen molar-refractivity contribution < 1.29 is 55.9 Å². The Kier molecular flexibility index (Phi) is 6.54. The van der Waals surface area contributed by atoms with Gasteiger partial charge in [0.2, 0.25) is 0 Å². The minimum absolute atomic E-state index is 0.0988. The van der Waals surface area contributed by atoms with Gasteiger partial charge in [0.25, 0.3) is 0 Å². The van der Waals surface area contributed by atoms with Crippen LogP contribution in [0.2, 0.25) is 0 Å². The van der Waals surface area contributed by atoms with E-state index < -0.39 is 53.7 Å². The second-order valence-electron chi connectivity index (χ2n) is 8.18. The first-order valence-corrected chi connectivity index (χ1v) is 14.2. The molecular formula is C14H21FN5O11P3. The Labute approximate surface area is 190 Å². The molecule has 2 aliphatic carbocycles. The molecule has 20 heteroatoms. The SMILES string of the molecule is Nc1nc(F)nc2c1ncn2[C@H]1C[C@H](O)[C@](COP(=O)(O)OP(=O)(O)OP(=O)(O)O)(C2CC2)C1. The first kappa shape index (κ1) is 25.7. The summed E-state index contributed by atoms with van der Waals surface area (Å²) in [6.07, 6.45) is 0.845. The number of phosphoric ester groups is 1. The van der Waals surface area contributed by atoms with Crippen molar-refractivity contribution in [3.05, 3.63) is 12.4 Å². The molecule has 0 spiro atoms. The fourth-order valence-corrected chi connectivity index (χ4v) is 7.51. The molecule has 2 heterocycles. The number of fused-ring (bicyclic) bond motifs is 1. The van der Waals surface area contributed by atoms with Crippen molar-refractivity contribution >= 4 is 40.4 Å². The average molecular weight is 547 g/mol. The number of hydrogen-bond donors (Lipinski definition) is 6. The van der Waals surface area contributed by atoms with Crippen molar-refractivity contribution in [1.29, 1.82) is 0 Å². The molecule has 7 N–H and O–H groups in total. The van der Waals surface area contributed by atoms with Gasteiger partial charge < -0.3 is 35.0 Å². The minimum Gasteiger partial charge on any atom is -0.392 e. The summed E-state index contributed by atoms with van der Waals surface area (Å²) >= 11 is 0. The van der Waals surface area contributed by atoms with Crippen LogP contribution in [0.25, 0.3) is 11.2 Å². The predicted molar refractivity (Wildman–Crippen MR) is 109 cm³/mol. The monoisotopic (exact) mass is 547 g/mol. The fourth-order valence-electron chi connectivity index (χ4n) is 4.42. The average Bonchev–Trinajstić information content (AvgIpc) is 3.33. The molecule has 5 atom stereocenters. The number of rotatable bonds is 9. The molecule has 0 aliphatic heterocycles. The Morgan fingerprint density at radius 2 is 1.82 bits per heavy atom. The van der Waals surface area contributed by atoms with E-state index in [9.17, 15) is 33.0 Å². The lowest BCUT2D eigenvalue weighted by molar-refractivity contribution is -0.00960. The van der Waals surface area contributed by atoms with Gasteiger partial charge in [0.15, 0.2) is 11.5 Å². The Hall–Kier alpha value is -1.35.